The minimum absolute atomic E-state index is 0.368. The van der Waals surface area contributed by atoms with Crippen molar-refractivity contribution < 1.29 is 4.39 Å². The van der Waals surface area contributed by atoms with Gasteiger partial charge in [0.15, 0.2) is 0 Å². The molecule has 1 radical (unpaired) electrons. The Morgan fingerprint density at radius 1 is 1.43 bits per heavy atom. The van der Waals surface area contributed by atoms with Crippen LogP contribution in [0.4, 0.5) is 4.39 Å². The van der Waals surface area contributed by atoms with Crippen molar-refractivity contribution >= 4 is 15.9 Å². The Balaban J connectivity index is 3.02. The van der Waals surface area contributed by atoms with E-state index >= 15 is 0 Å². The molecule has 2 heteroatoms. The predicted molar refractivity (Wildman–Crippen MR) is 62.1 cm³/mol. The zero-order chi connectivity index (χ0) is 10.6. The highest BCUT2D eigenvalue weighted by Gasteiger charge is 2.10. The van der Waals surface area contributed by atoms with E-state index in [1.165, 1.54) is 5.56 Å². The average Bonchev–Trinajstić information content (AvgIpc) is 2.20. The lowest BCUT2D eigenvalue weighted by Crippen LogP contribution is -2.02. The largest absolute Gasteiger partial charge is 0.250 e. The summed E-state index contributed by atoms with van der Waals surface area (Å²) >= 11 is 3.41. The van der Waals surface area contributed by atoms with Crippen LogP contribution >= 0.6 is 15.9 Å². The number of hydrogen-bond acceptors (Lipinski definition) is 0. The Bertz CT molecular complexity index is 296. The van der Waals surface area contributed by atoms with Crippen molar-refractivity contribution in [3.63, 3.8) is 0 Å². The molecule has 0 saturated carbocycles. The zero-order valence-corrected chi connectivity index (χ0v) is 10.2. The molecule has 0 atom stereocenters. The molecule has 0 bridgehead atoms. The molecule has 0 amide bonds. The van der Waals surface area contributed by atoms with Crippen LogP contribution in [-0.2, 0) is 6.42 Å². The van der Waals surface area contributed by atoms with Crippen LogP contribution in [0.15, 0.2) is 22.7 Å². The van der Waals surface area contributed by atoms with Gasteiger partial charge in [-0.05, 0) is 29.7 Å². The molecule has 1 rings (SSSR count). The van der Waals surface area contributed by atoms with Gasteiger partial charge < -0.3 is 0 Å². The van der Waals surface area contributed by atoms with Crippen molar-refractivity contribution in [2.45, 2.75) is 26.7 Å². The van der Waals surface area contributed by atoms with Crippen molar-refractivity contribution in [2.24, 2.45) is 0 Å². The predicted octanol–water partition coefficient (Wildman–Crippen LogP) is 4.31. The normalized spacial score (nSPS) is 10.9. The van der Waals surface area contributed by atoms with E-state index in [0.717, 1.165) is 28.8 Å². The van der Waals surface area contributed by atoms with E-state index < -0.39 is 0 Å². The topological polar surface area (TPSA) is 0 Å². The van der Waals surface area contributed by atoms with Gasteiger partial charge in [0.2, 0.25) is 0 Å². The van der Waals surface area contributed by atoms with E-state index in [0.29, 0.717) is 0 Å². The summed E-state index contributed by atoms with van der Waals surface area (Å²) in [4.78, 5) is 0. The highest BCUT2D eigenvalue weighted by Crippen LogP contribution is 2.24. The van der Waals surface area contributed by atoms with E-state index in [1.807, 2.05) is 19.1 Å². The van der Waals surface area contributed by atoms with Crippen molar-refractivity contribution in [1.29, 1.82) is 0 Å². The summed E-state index contributed by atoms with van der Waals surface area (Å²) in [7, 11) is 0. The molecule has 14 heavy (non-hydrogen) atoms. The fraction of sp³-hybridized carbons (Fsp3) is 0.417. The Kier molecular flexibility index (Phi) is 4.59. The second kappa shape index (κ2) is 5.50. The molecule has 1 aromatic carbocycles. The summed E-state index contributed by atoms with van der Waals surface area (Å²) in [5.74, 6) is 0.815. The maximum absolute atomic E-state index is 12.6. The number of hydrogen-bond donors (Lipinski definition) is 0. The summed E-state index contributed by atoms with van der Waals surface area (Å²) < 4.78 is 13.6. The minimum atomic E-state index is -0.368. The lowest BCUT2D eigenvalue weighted by Gasteiger charge is -2.13. The lowest BCUT2D eigenvalue weighted by atomic mass is 9.94. The second-order valence-electron chi connectivity index (χ2n) is 3.47. The molecular weight excluding hydrogens is 243 g/mol. The second-order valence-corrected chi connectivity index (χ2v) is 4.38. The Hall–Kier alpha value is -0.370. The molecule has 1 aromatic rings. The monoisotopic (exact) mass is 257 g/mol. The maximum atomic E-state index is 12.6. The third-order valence-corrected chi connectivity index (χ3v) is 2.74. The van der Waals surface area contributed by atoms with Gasteiger partial charge >= 0.3 is 0 Å². The summed E-state index contributed by atoms with van der Waals surface area (Å²) in [6.07, 6.45) is 2.11. The van der Waals surface area contributed by atoms with E-state index in [4.69, 9.17) is 0 Å². The number of aryl methyl sites for hydroxylation is 1. The molecule has 0 aliphatic carbocycles. The van der Waals surface area contributed by atoms with Gasteiger partial charge in [-0.2, -0.15) is 0 Å². The molecule has 0 N–H and O–H groups in total. The Morgan fingerprint density at radius 3 is 2.71 bits per heavy atom. The quantitative estimate of drug-likeness (QED) is 0.754. The molecule has 0 aliphatic heterocycles. The molecule has 0 saturated heterocycles. The first-order chi connectivity index (χ1) is 6.69. The van der Waals surface area contributed by atoms with Crippen LogP contribution in [0.3, 0.4) is 0 Å². The Morgan fingerprint density at radius 2 is 2.14 bits per heavy atom. The van der Waals surface area contributed by atoms with Crippen molar-refractivity contribution in [1.82, 2.24) is 0 Å². The highest BCUT2D eigenvalue weighted by molar-refractivity contribution is 9.10. The first kappa shape index (κ1) is 11.7. The summed E-state index contributed by atoms with van der Waals surface area (Å²) in [5.41, 5.74) is 2.30. The van der Waals surface area contributed by atoms with E-state index in [9.17, 15) is 4.39 Å². The summed E-state index contributed by atoms with van der Waals surface area (Å²) in [6.45, 7) is 3.62. The first-order valence-corrected chi connectivity index (χ1v) is 5.65. The van der Waals surface area contributed by atoms with Crippen LogP contribution in [0.5, 0.6) is 0 Å². The fourth-order valence-corrected chi connectivity index (χ4v) is 1.87. The van der Waals surface area contributed by atoms with Gasteiger partial charge in [0, 0.05) is 10.4 Å². The van der Waals surface area contributed by atoms with Gasteiger partial charge in [0.1, 0.15) is 0 Å². The third-order valence-electron chi connectivity index (χ3n) is 2.25. The van der Waals surface area contributed by atoms with Gasteiger partial charge in [-0.1, -0.05) is 42.3 Å². The van der Waals surface area contributed by atoms with Gasteiger partial charge in [-0.3, -0.25) is 4.39 Å². The summed E-state index contributed by atoms with van der Waals surface area (Å²) in [6, 6.07) is 6.09. The van der Waals surface area contributed by atoms with Crippen LogP contribution in [0, 0.1) is 5.92 Å². The molecule has 0 heterocycles. The van der Waals surface area contributed by atoms with Crippen LogP contribution in [-0.4, -0.2) is 6.67 Å². The first-order valence-electron chi connectivity index (χ1n) is 4.86. The minimum Gasteiger partial charge on any atom is -0.250 e. The smallest absolute Gasteiger partial charge is 0.0997 e. The highest BCUT2D eigenvalue weighted by atomic mass is 79.9. The number of rotatable bonds is 4. The molecule has 0 spiro atoms. The molecular formula is C12H15BrF. The molecule has 77 valence electrons. The van der Waals surface area contributed by atoms with Crippen molar-refractivity contribution in [2.75, 3.05) is 6.67 Å². The standard InChI is InChI=1S/C12H15BrF/c1-3-4-10-5-6-11(13)7-12(10)9(2)8-14/h5-7H,3-4,8H2,1-2H3. The molecule has 0 aliphatic rings. The van der Waals surface area contributed by atoms with Gasteiger partial charge in [-0.15, -0.1) is 0 Å². The van der Waals surface area contributed by atoms with E-state index in [-0.39, 0.29) is 6.67 Å². The number of benzene rings is 1. The van der Waals surface area contributed by atoms with E-state index in [1.54, 1.807) is 0 Å². The van der Waals surface area contributed by atoms with Gasteiger partial charge in [-0.25, -0.2) is 0 Å². The Labute approximate surface area is 93.7 Å². The molecule has 0 unspecified atom stereocenters. The molecule has 0 nitrogen and oxygen atoms in total. The van der Waals surface area contributed by atoms with Crippen molar-refractivity contribution in [3.8, 4) is 0 Å². The van der Waals surface area contributed by atoms with Crippen molar-refractivity contribution in [3.05, 3.63) is 39.7 Å². The molecule has 0 aromatic heterocycles. The maximum Gasteiger partial charge on any atom is 0.0997 e. The third kappa shape index (κ3) is 2.81. The van der Waals surface area contributed by atoms with E-state index in [2.05, 4.69) is 28.9 Å². The van der Waals surface area contributed by atoms with Crippen LogP contribution in [0.2, 0.25) is 0 Å². The lowest BCUT2D eigenvalue weighted by molar-refractivity contribution is 0.515. The SMILES string of the molecule is CCCc1ccc(Br)cc1[C](C)CF. The van der Waals surface area contributed by atoms with Crippen LogP contribution in [0.1, 0.15) is 31.4 Å². The van der Waals surface area contributed by atoms with Crippen LogP contribution < -0.4 is 0 Å². The van der Waals surface area contributed by atoms with Crippen LogP contribution in [0.25, 0.3) is 0 Å². The average molecular weight is 258 g/mol. The fourth-order valence-electron chi connectivity index (χ4n) is 1.51. The summed E-state index contributed by atoms with van der Waals surface area (Å²) in [5, 5.41) is 0. The number of halogens is 2. The van der Waals surface area contributed by atoms with Gasteiger partial charge in [0.25, 0.3) is 0 Å². The molecule has 0 fully saturated rings. The zero-order valence-electron chi connectivity index (χ0n) is 8.61. The number of alkyl halides is 1. The van der Waals surface area contributed by atoms with Gasteiger partial charge in [0.05, 0.1) is 6.67 Å².